The van der Waals surface area contributed by atoms with Crippen molar-refractivity contribution in [3.8, 4) is 22.8 Å². The maximum atomic E-state index is 13.2. The van der Waals surface area contributed by atoms with Crippen LogP contribution in [0.2, 0.25) is 0 Å². The maximum Gasteiger partial charge on any atom is 0.257 e. The highest BCUT2D eigenvalue weighted by Gasteiger charge is 2.32. The lowest BCUT2D eigenvalue weighted by Gasteiger charge is -2.34. The Morgan fingerprint density at radius 3 is 2.60 bits per heavy atom. The molecule has 2 heterocycles. The highest BCUT2D eigenvalue weighted by molar-refractivity contribution is 7.89. The molecule has 1 fully saturated rings. The van der Waals surface area contributed by atoms with Gasteiger partial charge in [0.2, 0.25) is 10.0 Å². The third-order valence-corrected chi connectivity index (χ3v) is 8.90. The van der Waals surface area contributed by atoms with Crippen LogP contribution in [0.5, 0.6) is 11.5 Å². The molecule has 0 spiro atoms. The van der Waals surface area contributed by atoms with Crippen molar-refractivity contribution in [3.63, 3.8) is 0 Å². The van der Waals surface area contributed by atoms with Gasteiger partial charge < -0.3 is 9.47 Å². The van der Waals surface area contributed by atoms with E-state index in [-0.39, 0.29) is 16.8 Å². The van der Waals surface area contributed by atoms with Crippen molar-refractivity contribution in [2.45, 2.75) is 43.5 Å². The number of nitrogens with one attached hydrogen (secondary N) is 1. The Balaban J connectivity index is 1.49. The number of thiazole rings is 1. The fourth-order valence-corrected chi connectivity index (χ4v) is 6.72. The van der Waals surface area contributed by atoms with Crippen molar-refractivity contribution in [1.82, 2.24) is 9.29 Å². The van der Waals surface area contributed by atoms with Gasteiger partial charge in [-0.25, -0.2) is 13.4 Å². The van der Waals surface area contributed by atoms with Crippen LogP contribution in [-0.2, 0) is 10.0 Å². The van der Waals surface area contributed by atoms with Crippen molar-refractivity contribution < 1.29 is 22.7 Å². The fraction of sp³-hybridized carbons (Fsp3) is 0.360. The molecule has 1 aliphatic rings. The number of methoxy groups -OCH3 is 2. The summed E-state index contributed by atoms with van der Waals surface area (Å²) in [7, 11) is -0.427. The number of benzene rings is 2. The molecule has 1 unspecified atom stereocenters. The summed E-state index contributed by atoms with van der Waals surface area (Å²) in [6.45, 7) is 2.55. The van der Waals surface area contributed by atoms with E-state index in [0.717, 1.165) is 31.2 Å². The van der Waals surface area contributed by atoms with Gasteiger partial charge in [-0.2, -0.15) is 4.31 Å². The van der Waals surface area contributed by atoms with Crippen molar-refractivity contribution in [2.24, 2.45) is 0 Å². The molecule has 35 heavy (non-hydrogen) atoms. The van der Waals surface area contributed by atoms with Crippen LogP contribution in [-0.4, -0.2) is 50.4 Å². The van der Waals surface area contributed by atoms with Crippen LogP contribution in [0.4, 0.5) is 5.13 Å². The molecule has 2 aromatic carbocycles. The number of amides is 1. The Labute approximate surface area is 210 Å². The molecular weight excluding hydrogens is 486 g/mol. The molecule has 1 aliphatic heterocycles. The van der Waals surface area contributed by atoms with Crippen LogP contribution in [0, 0.1) is 0 Å². The Morgan fingerprint density at radius 2 is 1.91 bits per heavy atom. The first kappa shape index (κ1) is 25.2. The Kier molecular flexibility index (Phi) is 7.73. The van der Waals surface area contributed by atoms with Gasteiger partial charge in [-0.3, -0.25) is 10.1 Å². The molecule has 186 valence electrons. The van der Waals surface area contributed by atoms with Crippen molar-refractivity contribution >= 4 is 32.4 Å². The summed E-state index contributed by atoms with van der Waals surface area (Å²) in [5.41, 5.74) is 1.75. The van der Waals surface area contributed by atoms with Gasteiger partial charge in [0.05, 0.1) is 24.8 Å². The Bertz CT molecular complexity index is 1290. The number of hydrogen-bond donors (Lipinski definition) is 1. The van der Waals surface area contributed by atoms with E-state index in [1.807, 2.05) is 18.4 Å². The standard InChI is InChI=1S/C25H29N3O5S2/c1-4-18-7-5-6-14-28(18)35(30,31)20-11-8-17(9-12-20)24(29)27-25-26-22(16-34-25)21-15-19(32-2)10-13-23(21)33-3/h8-13,15-16,18H,4-7,14H2,1-3H3,(H,26,27,29). The fourth-order valence-electron chi connectivity index (χ4n) is 4.25. The quantitative estimate of drug-likeness (QED) is 0.452. The molecule has 1 saturated heterocycles. The average Bonchev–Trinajstić information content (AvgIpc) is 3.36. The molecule has 1 atom stereocenters. The summed E-state index contributed by atoms with van der Waals surface area (Å²) in [6, 6.07) is 11.5. The van der Waals surface area contributed by atoms with E-state index >= 15 is 0 Å². The van der Waals surface area contributed by atoms with Gasteiger partial charge in [0.25, 0.3) is 5.91 Å². The monoisotopic (exact) mass is 515 g/mol. The lowest BCUT2D eigenvalue weighted by molar-refractivity contribution is 0.102. The molecule has 1 amide bonds. The average molecular weight is 516 g/mol. The minimum absolute atomic E-state index is 0.0269. The zero-order valence-corrected chi connectivity index (χ0v) is 21.6. The summed E-state index contributed by atoms with van der Waals surface area (Å²) >= 11 is 1.29. The van der Waals surface area contributed by atoms with E-state index < -0.39 is 10.0 Å². The van der Waals surface area contributed by atoms with E-state index in [2.05, 4.69) is 10.3 Å². The van der Waals surface area contributed by atoms with Gasteiger partial charge in [0.1, 0.15) is 11.5 Å². The number of piperidine rings is 1. The number of carbonyl (C=O) groups excluding carboxylic acids is 1. The molecule has 1 N–H and O–H groups in total. The van der Waals surface area contributed by atoms with Crippen LogP contribution < -0.4 is 14.8 Å². The Hall–Kier alpha value is -2.95. The van der Waals surface area contributed by atoms with E-state index in [0.29, 0.717) is 34.4 Å². The van der Waals surface area contributed by atoms with E-state index in [1.54, 1.807) is 30.7 Å². The second-order valence-corrected chi connectivity index (χ2v) is 11.0. The summed E-state index contributed by atoms with van der Waals surface area (Å²) in [6.07, 6.45) is 3.59. The topological polar surface area (TPSA) is 97.8 Å². The summed E-state index contributed by atoms with van der Waals surface area (Å²) < 4.78 is 38.6. The SMILES string of the molecule is CCC1CCCCN1S(=O)(=O)c1ccc(C(=O)Nc2nc(-c3cc(OC)ccc3OC)cs2)cc1. The first-order valence-electron chi connectivity index (χ1n) is 11.5. The normalized spacial score (nSPS) is 16.6. The summed E-state index contributed by atoms with van der Waals surface area (Å²) in [5.74, 6) is 0.950. The summed E-state index contributed by atoms with van der Waals surface area (Å²) in [4.78, 5) is 17.5. The largest absolute Gasteiger partial charge is 0.497 e. The van der Waals surface area contributed by atoms with Crippen LogP contribution >= 0.6 is 11.3 Å². The van der Waals surface area contributed by atoms with Gasteiger partial charge in [-0.15, -0.1) is 11.3 Å². The molecule has 4 rings (SSSR count). The van der Waals surface area contributed by atoms with Gasteiger partial charge in [0, 0.05) is 29.1 Å². The molecule has 10 heteroatoms. The first-order valence-corrected chi connectivity index (χ1v) is 13.8. The second kappa shape index (κ2) is 10.8. The molecule has 1 aromatic heterocycles. The van der Waals surface area contributed by atoms with Gasteiger partial charge in [-0.05, 0) is 61.7 Å². The minimum atomic E-state index is -3.60. The number of nitrogens with zero attached hydrogens (tertiary/aromatic N) is 2. The smallest absolute Gasteiger partial charge is 0.257 e. The maximum absolute atomic E-state index is 13.2. The zero-order chi connectivity index (χ0) is 25.0. The van der Waals surface area contributed by atoms with E-state index in [4.69, 9.17) is 9.47 Å². The lowest BCUT2D eigenvalue weighted by atomic mass is 10.0. The molecule has 0 bridgehead atoms. The predicted molar refractivity (Wildman–Crippen MR) is 137 cm³/mol. The number of sulfonamides is 1. The number of anilines is 1. The zero-order valence-electron chi connectivity index (χ0n) is 20.0. The van der Waals surface area contributed by atoms with Gasteiger partial charge in [-0.1, -0.05) is 13.3 Å². The highest BCUT2D eigenvalue weighted by Crippen LogP contribution is 2.35. The number of carbonyl (C=O) groups is 1. The van der Waals surface area contributed by atoms with Crippen LogP contribution in [0.15, 0.2) is 52.7 Å². The molecule has 0 aliphatic carbocycles. The van der Waals surface area contributed by atoms with Crippen molar-refractivity contribution in [3.05, 3.63) is 53.4 Å². The number of hydrogen-bond acceptors (Lipinski definition) is 7. The third-order valence-electron chi connectivity index (χ3n) is 6.17. The van der Waals surface area contributed by atoms with Crippen LogP contribution in [0.3, 0.4) is 0 Å². The van der Waals surface area contributed by atoms with Gasteiger partial charge >= 0.3 is 0 Å². The van der Waals surface area contributed by atoms with Crippen molar-refractivity contribution in [2.75, 3.05) is 26.1 Å². The molecule has 0 radical (unpaired) electrons. The number of rotatable bonds is 8. The molecule has 8 nitrogen and oxygen atoms in total. The summed E-state index contributed by atoms with van der Waals surface area (Å²) in [5, 5.41) is 5.04. The van der Waals surface area contributed by atoms with Gasteiger partial charge in [0.15, 0.2) is 5.13 Å². The van der Waals surface area contributed by atoms with Crippen LogP contribution in [0.1, 0.15) is 43.0 Å². The third kappa shape index (κ3) is 5.34. The lowest BCUT2D eigenvalue weighted by Crippen LogP contribution is -2.43. The first-order chi connectivity index (χ1) is 16.9. The second-order valence-electron chi connectivity index (χ2n) is 8.26. The number of ether oxygens (including phenoxy) is 2. The van der Waals surface area contributed by atoms with E-state index in [9.17, 15) is 13.2 Å². The van der Waals surface area contributed by atoms with Crippen molar-refractivity contribution in [1.29, 1.82) is 0 Å². The molecular formula is C25H29N3O5S2. The Morgan fingerprint density at radius 1 is 1.14 bits per heavy atom. The number of aromatic nitrogens is 1. The predicted octanol–water partition coefficient (Wildman–Crippen LogP) is 5.03. The van der Waals surface area contributed by atoms with Crippen LogP contribution in [0.25, 0.3) is 11.3 Å². The molecule has 3 aromatic rings. The minimum Gasteiger partial charge on any atom is -0.497 e. The van der Waals surface area contributed by atoms with E-state index in [1.165, 1.54) is 35.6 Å². The highest BCUT2D eigenvalue weighted by atomic mass is 32.2. The molecule has 0 saturated carbocycles.